The maximum absolute atomic E-state index is 12.9. The monoisotopic (exact) mass is 1110 g/mol. The minimum absolute atomic E-state index is 0.103. The van der Waals surface area contributed by atoms with Crippen molar-refractivity contribution in [2.24, 2.45) is 0 Å². The van der Waals surface area contributed by atoms with Crippen molar-refractivity contribution in [2.75, 3.05) is 39.6 Å². The fraction of sp³-hybridized carbons (Fsp3) is 0.929. The van der Waals surface area contributed by atoms with E-state index in [1.165, 1.54) is 77.0 Å². The molecule has 0 aromatic heterocycles. The number of aliphatic hydroxyl groups is 1. The lowest BCUT2D eigenvalue weighted by Crippen LogP contribution is -2.30. The zero-order valence-electron chi connectivity index (χ0n) is 47.5. The minimum Gasteiger partial charge on any atom is -0.462 e. The topological polar surface area (TPSA) is 237 Å². The molecule has 3 N–H and O–H groups in total. The Morgan fingerprint density at radius 2 is 0.533 bits per heavy atom. The van der Waals surface area contributed by atoms with E-state index < -0.39 is 97.5 Å². The lowest BCUT2D eigenvalue weighted by molar-refractivity contribution is -0.161. The summed E-state index contributed by atoms with van der Waals surface area (Å²) in [5, 5.41) is 10.4. The van der Waals surface area contributed by atoms with E-state index in [2.05, 4.69) is 27.7 Å². The standard InChI is InChI=1S/C56H108O17P2/c1-5-9-13-17-21-22-23-24-25-26-27-28-31-34-37-41-54(59)67-46-51(72-55(60)42-38-32-20-16-12-8-4)48-70-74(62,63)68-44-50(57)45-69-75(64,65)71-49-52(73-56(61)43-39-35-30-19-15-11-7-3)47-66-53(58)40-36-33-29-18-14-10-6-2/h50-52,57H,5-49H2,1-4H3,(H,62,63)(H,64,65)/t50-,51+,52+/m0/s1. The molecule has 0 fully saturated rings. The van der Waals surface area contributed by atoms with Crippen molar-refractivity contribution in [3.05, 3.63) is 0 Å². The van der Waals surface area contributed by atoms with Gasteiger partial charge in [0.1, 0.15) is 19.3 Å². The van der Waals surface area contributed by atoms with Crippen molar-refractivity contribution in [3.63, 3.8) is 0 Å². The number of hydrogen-bond acceptors (Lipinski definition) is 15. The summed E-state index contributed by atoms with van der Waals surface area (Å²) in [4.78, 5) is 71.4. The highest BCUT2D eigenvalue weighted by Gasteiger charge is 2.30. The van der Waals surface area contributed by atoms with Crippen LogP contribution in [0, 0.1) is 0 Å². The number of aliphatic hydroxyl groups excluding tert-OH is 1. The first-order valence-corrected chi connectivity index (χ1v) is 32.8. The molecule has 75 heavy (non-hydrogen) atoms. The zero-order valence-corrected chi connectivity index (χ0v) is 49.3. The van der Waals surface area contributed by atoms with Gasteiger partial charge in [-0.2, -0.15) is 0 Å². The van der Waals surface area contributed by atoms with E-state index in [9.17, 15) is 43.2 Å². The zero-order chi connectivity index (χ0) is 55.5. The van der Waals surface area contributed by atoms with Crippen LogP contribution in [0.1, 0.15) is 278 Å². The Kier molecular flexibility index (Phi) is 50.2. The van der Waals surface area contributed by atoms with Gasteiger partial charge in [0.25, 0.3) is 0 Å². The fourth-order valence-electron chi connectivity index (χ4n) is 8.22. The molecule has 0 rings (SSSR count). The molecule has 0 saturated carbocycles. The number of carbonyl (C=O) groups is 4. The van der Waals surface area contributed by atoms with E-state index in [1.807, 2.05) is 0 Å². The highest BCUT2D eigenvalue weighted by molar-refractivity contribution is 7.47. The number of esters is 4. The van der Waals surface area contributed by atoms with Crippen LogP contribution in [0.15, 0.2) is 0 Å². The van der Waals surface area contributed by atoms with Crippen LogP contribution in [0.5, 0.6) is 0 Å². The first-order valence-electron chi connectivity index (χ1n) is 29.8. The molecule has 0 aromatic rings. The maximum atomic E-state index is 12.9. The molecular formula is C56H108O17P2. The molecule has 0 bridgehead atoms. The van der Waals surface area contributed by atoms with Gasteiger partial charge in [0.05, 0.1) is 26.4 Å². The second kappa shape index (κ2) is 51.5. The van der Waals surface area contributed by atoms with Gasteiger partial charge in [-0.3, -0.25) is 37.3 Å². The maximum Gasteiger partial charge on any atom is 0.472 e. The molecule has 0 heterocycles. The van der Waals surface area contributed by atoms with Crippen LogP contribution >= 0.6 is 15.6 Å². The van der Waals surface area contributed by atoms with E-state index in [0.29, 0.717) is 25.7 Å². The SMILES string of the molecule is CCCCCCCCCCCCCCCCCC(=O)OC[C@H](COP(=O)(O)OC[C@H](O)COP(=O)(O)OC[C@@H](COC(=O)CCCCCCCCC)OC(=O)CCCCCCCCC)OC(=O)CCCCCCCC. The van der Waals surface area contributed by atoms with E-state index in [-0.39, 0.29) is 25.7 Å². The first kappa shape index (κ1) is 73.1. The summed E-state index contributed by atoms with van der Waals surface area (Å²) in [7, 11) is -9.85. The Morgan fingerprint density at radius 3 is 0.787 bits per heavy atom. The Labute approximate surface area is 454 Å². The number of ether oxygens (including phenoxy) is 4. The molecule has 0 aliphatic rings. The highest BCUT2D eigenvalue weighted by atomic mass is 31.2. The third-order valence-corrected chi connectivity index (χ3v) is 14.8. The number of phosphoric acid groups is 2. The van der Waals surface area contributed by atoms with E-state index in [4.69, 9.17) is 37.0 Å². The second-order valence-corrected chi connectivity index (χ2v) is 23.2. The Hall–Kier alpha value is -1.94. The quantitative estimate of drug-likeness (QED) is 0.0222. The van der Waals surface area contributed by atoms with Crippen LogP contribution < -0.4 is 0 Å². The summed E-state index contributed by atoms with van der Waals surface area (Å²) in [6, 6.07) is 0. The molecule has 0 radical (unpaired) electrons. The summed E-state index contributed by atoms with van der Waals surface area (Å²) < 4.78 is 67.3. The molecule has 17 nitrogen and oxygen atoms in total. The van der Waals surface area contributed by atoms with Crippen molar-refractivity contribution in [1.82, 2.24) is 0 Å². The molecule has 19 heteroatoms. The minimum atomic E-state index is -4.93. The van der Waals surface area contributed by atoms with Gasteiger partial charge in [0.15, 0.2) is 12.2 Å². The van der Waals surface area contributed by atoms with Crippen LogP contribution in [0.25, 0.3) is 0 Å². The molecule has 0 aliphatic heterocycles. The van der Waals surface area contributed by atoms with Gasteiger partial charge >= 0.3 is 39.5 Å². The Morgan fingerprint density at radius 1 is 0.320 bits per heavy atom. The van der Waals surface area contributed by atoms with E-state index in [0.717, 1.165) is 122 Å². The second-order valence-electron chi connectivity index (χ2n) is 20.3. The fourth-order valence-corrected chi connectivity index (χ4v) is 9.80. The first-order chi connectivity index (χ1) is 36.2. The lowest BCUT2D eigenvalue weighted by atomic mass is 10.0. The lowest BCUT2D eigenvalue weighted by Gasteiger charge is -2.21. The van der Waals surface area contributed by atoms with Gasteiger partial charge in [0, 0.05) is 25.7 Å². The predicted molar refractivity (Wildman–Crippen MR) is 294 cm³/mol. The Balaban J connectivity index is 5.06. The van der Waals surface area contributed by atoms with Crippen LogP contribution in [0.4, 0.5) is 0 Å². The largest absolute Gasteiger partial charge is 0.472 e. The molecule has 0 spiro atoms. The van der Waals surface area contributed by atoms with Crippen LogP contribution in [0.3, 0.4) is 0 Å². The summed E-state index contributed by atoms with van der Waals surface area (Å²) in [6.07, 6.45) is 34.0. The highest BCUT2D eigenvalue weighted by Crippen LogP contribution is 2.45. The molecule has 0 aromatic carbocycles. The molecule has 2 unspecified atom stereocenters. The van der Waals surface area contributed by atoms with E-state index in [1.54, 1.807) is 0 Å². The number of carbonyl (C=O) groups excluding carboxylic acids is 4. The smallest absolute Gasteiger partial charge is 0.462 e. The van der Waals surface area contributed by atoms with Crippen molar-refractivity contribution in [1.29, 1.82) is 0 Å². The van der Waals surface area contributed by atoms with Crippen molar-refractivity contribution in [3.8, 4) is 0 Å². The summed E-state index contributed by atoms with van der Waals surface area (Å²) in [5.74, 6) is -2.16. The van der Waals surface area contributed by atoms with Gasteiger partial charge in [-0.1, -0.05) is 227 Å². The van der Waals surface area contributed by atoms with Crippen molar-refractivity contribution < 1.29 is 80.2 Å². The molecule has 5 atom stereocenters. The van der Waals surface area contributed by atoms with Crippen molar-refractivity contribution >= 4 is 39.5 Å². The van der Waals surface area contributed by atoms with Crippen molar-refractivity contribution in [2.45, 2.75) is 296 Å². The van der Waals surface area contributed by atoms with Crippen LogP contribution in [-0.2, 0) is 65.4 Å². The van der Waals surface area contributed by atoms with Gasteiger partial charge < -0.3 is 33.8 Å². The number of phosphoric ester groups is 2. The predicted octanol–water partition coefficient (Wildman–Crippen LogP) is 14.8. The summed E-state index contributed by atoms with van der Waals surface area (Å²) >= 11 is 0. The van der Waals surface area contributed by atoms with Gasteiger partial charge in [-0.25, -0.2) is 9.13 Å². The summed E-state index contributed by atoms with van der Waals surface area (Å²) in [6.45, 7) is 4.69. The number of hydrogen-bond donors (Lipinski definition) is 3. The molecule has 0 amide bonds. The third-order valence-electron chi connectivity index (χ3n) is 12.9. The molecule has 0 saturated heterocycles. The third kappa shape index (κ3) is 51.3. The Bertz CT molecular complexity index is 1470. The van der Waals surface area contributed by atoms with Gasteiger partial charge in [0.2, 0.25) is 0 Å². The molecule has 444 valence electrons. The normalized spacial score (nSPS) is 14.4. The van der Waals surface area contributed by atoms with Crippen LogP contribution in [0.2, 0.25) is 0 Å². The van der Waals surface area contributed by atoms with Gasteiger partial charge in [-0.15, -0.1) is 0 Å². The van der Waals surface area contributed by atoms with E-state index >= 15 is 0 Å². The summed E-state index contributed by atoms with van der Waals surface area (Å²) in [5.41, 5.74) is 0. The number of unbranched alkanes of at least 4 members (excludes halogenated alkanes) is 31. The average Bonchev–Trinajstić information content (AvgIpc) is 3.38. The van der Waals surface area contributed by atoms with Gasteiger partial charge in [-0.05, 0) is 25.7 Å². The molecular weight excluding hydrogens is 1010 g/mol. The molecule has 0 aliphatic carbocycles. The number of rotatable bonds is 57. The average molecular weight is 1120 g/mol. The van der Waals surface area contributed by atoms with Crippen LogP contribution in [-0.4, -0.2) is 96.7 Å².